The molecule has 1 unspecified atom stereocenters. The first-order chi connectivity index (χ1) is 11.2. The van der Waals surface area contributed by atoms with Crippen LogP contribution in [0.4, 0.5) is 4.79 Å². The van der Waals surface area contributed by atoms with Crippen molar-refractivity contribution in [1.29, 1.82) is 0 Å². The van der Waals surface area contributed by atoms with Crippen LogP contribution in [0.15, 0.2) is 12.1 Å². The van der Waals surface area contributed by atoms with Gasteiger partial charge < -0.3 is 29.6 Å². The van der Waals surface area contributed by atoms with Crippen molar-refractivity contribution in [3.63, 3.8) is 0 Å². The summed E-state index contributed by atoms with van der Waals surface area (Å²) < 4.78 is 16.0. The molecule has 2 rings (SSSR count). The van der Waals surface area contributed by atoms with E-state index in [1.807, 2.05) is 0 Å². The highest BCUT2D eigenvalue weighted by atomic mass is 35.5. The van der Waals surface area contributed by atoms with E-state index >= 15 is 0 Å². The number of ether oxygens (including phenoxy) is 2. The first-order valence-corrected chi connectivity index (χ1v) is 7.97. The molecule has 1 aromatic rings. The molecule has 1 aliphatic heterocycles. The normalized spacial score (nSPS) is 16.8. The molecular formula is C15H21BClNO6. The van der Waals surface area contributed by atoms with Crippen LogP contribution in [0.1, 0.15) is 32.4 Å². The van der Waals surface area contributed by atoms with Gasteiger partial charge in [0.15, 0.2) is 0 Å². The Hall–Kier alpha value is -1.48. The number of carbonyl (C=O) groups excluding carboxylic acids is 1. The van der Waals surface area contributed by atoms with Crippen LogP contribution in [0.5, 0.6) is 5.75 Å². The van der Waals surface area contributed by atoms with Gasteiger partial charge >= 0.3 is 13.2 Å². The molecule has 0 radical (unpaired) electrons. The number of alkyl carbamates (subject to hydrolysis) is 1. The van der Waals surface area contributed by atoms with E-state index in [9.17, 15) is 9.82 Å². The van der Waals surface area contributed by atoms with E-state index in [1.54, 1.807) is 32.9 Å². The fraction of sp³-hybridized carbons (Fsp3) is 0.533. The summed E-state index contributed by atoms with van der Waals surface area (Å²) in [4.78, 5) is 11.8. The first kappa shape index (κ1) is 18.9. The standard InChI is InChI=1S/C15H21BClNO6/c1-15(2,3)23-14(20)18-8-11-12-9(17)4-5-10(22-7-6-19)13(12)16(21)24-11/h4-5,11,19,21H,6-8H2,1-3H3,(H,18,20). The summed E-state index contributed by atoms with van der Waals surface area (Å²) in [7, 11) is -1.22. The van der Waals surface area contributed by atoms with Gasteiger partial charge in [-0.05, 0) is 32.9 Å². The average Bonchev–Trinajstić information content (AvgIpc) is 2.81. The summed E-state index contributed by atoms with van der Waals surface area (Å²) >= 11 is 6.22. The molecule has 1 amide bonds. The predicted molar refractivity (Wildman–Crippen MR) is 89.7 cm³/mol. The zero-order valence-electron chi connectivity index (χ0n) is 13.8. The number of carbonyl (C=O) groups is 1. The monoisotopic (exact) mass is 357 g/mol. The van der Waals surface area contributed by atoms with Crippen LogP contribution in [-0.4, -0.2) is 48.7 Å². The van der Waals surface area contributed by atoms with Gasteiger partial charge in [0.25, 0.3) is 0 Å². The van der Waals surface area contributed by atoms with Gasteiger partial charge in [0.05, 0.1) is 12.7 Å². The fourth-order valence-corrected chi connectivity index (χ4v) is 2.67. The number of aliphatic hydroxyl groups is 1. The van der Waals surface area contributed by atoms with E-state index in [0.717, 1.165) is 0 Å². The zero-order chi connectivity index (χ0) is 17.9. The number of benzene rings is 1. The number of hydrogen-bond donors (Lipinski definition) is 3. The van der Waals surface area contributed by atoms with Crippen molar-refractivity contribution in [3.05, 3.63) is 22.7 Å². The summed E-state index contributed by atoms with van der Waals surface area (Å²) in [5, 5.41) is 22.0. The fourth-order valence-electron chi connectivity index (χ4n) is 2.39. The maximum Gasteiger partial charge on any atom is 0.495 e. The number of fused-ring (bicyclic) bond motifs is 1. The lowest BCUT2D eigenvalue weighted by atomic mass is 9.78. The number of amides is 1. The summed E-state index contributed by atoms with van der Waals surface area (Å²) in [6.07, 6.45) is -1.22. The van der Waals surface area contributed by atoms with E-state index in [4.69, 9.17) is 30.8 Å². The Kier molecular flexibility index (Phi) is 5.98. The van der Waals surface area contributed by atoms with Gasteiger partial charge in [0.1, 0.15) is 18.0 Å². The minimum absolute atomic E-state index is 0.0849. The van der Waals surface area contributed by atoms with E-state index in [2.05, 4.69) is 5.32 Å². The number of hydrogen-bond acceptors (Lipinski definition) is 6. The lowest BCUT2D eigenvalue weighted by Gasteiger charge is -2.21. The summed E-state index contributed by atoms with van der Waals surface area (Å²) in [5.41, 5.74) is 0.351. The van der Waals surface area contributed by atoms with Crippen molar-refractivity contribution in [1.82, 2.24) is 5.32 Å². The summed E-state index contributed by atoms with van der Waals surface area (Å²) in [6.45, 7) is 5.31. The van der Waals surface area contributed by atoms with Crippen molar-refractivity contribution in [2.45, 2.75) is 32.5 Å². The number of aliphatic hydroxyl groups excluding tert-OH is 1. The quantitative estimate of drug-likeness (QED) is 0.680. The zero-order valence-corrected chi connectivity index (χ0v) is 14.6. The maximum absolute atomic E-state index is 11.8. The van der Waals surface area contributed by atoms with Crippen molar-refractivity contribution < 1.29 is 29.1 Å². The third-order valence-electron chi connectivity index (χ3n) is 3.24. The molecule has 24 heavy (non-hydrogen) atoms. The number of nitrogens with one attached hydrogen (secondary N) is 1. The van der Waals surface area contributed by atoms with Crippen LogP contribution in [0.3, 0.4) is 0 Å². The van der Waals surface area contributed by atoms with Crippen molar-refractivity contribution in [3.8, 4) is 5.75 Å². The van der Waals surface area contributed by atoms with Crippen molar-refractivity contribution in [2.75, 3.05) is 19.8 Å². The predicted octanol–water partition coefficient (Wildman–Crippen LogP) is 0.995. The van der Waals surface area contributed by atoms with Gasteiger partial charge in [0.2, 0.25) is 0 Å². The third-order valence-corrected chi connectivity index (χ3v) is 3.57. The topological polar surface area (TPSA) is 97.3 Å². The van der Waals surface area contributed by atoms with E-state index < -0.39 is 24.9 Å². The van der Waals surface area contributed by atoms with Crippen LogP contribution in [0.2, 0.25) is 5.02 Å². The van der Waals surface area contributed by atoms with Crippen LogP contribution < -0.4 is 15.5 Å². The second-order valence-corrected chi connectivity index (χ2v) is 6.71. The van der Waals surface area contributed by atoms with Crippen LogP contribution in [0.25, 0.3) is 0 Å². The van der Waals surface area contributed by atoms with Crippen molar-refractivity contribution >= 4 is 30.3 Å². The van der Waals surface area contributed by atoms with Gasteiger partial charge in [-0.25, -0.2) is 4.79 Å². The second-order valence-electron chi connectivity index (χ2n) is 6.30. The van der Waals surface area contributed by atoms with Gasteiger partial charge in [-0.2, -0.15) is 0 Å². The number of rotatable bonds is 5. The molecule has 9 heteroatoms. The summed E-state index contributed by atoms with van der Waals surface area (Å²) in [5.74, 6) is 0.385. The van der Waals surface area contributed by atoms with E-state index in [0.29, 0.717) is 21.8 Å². The molecule has 0 bridgehead atoms. The molecule has 1 aromatic carbocycles. The minimum atomic E-state index is -1.22. The smallest absolute Gasteiger partial charge is 0.492 e. The second kappa shape index (κ2) is 7.61. The highest BCUT2D eigenvalue weighted by Crippen LogP contribution is 2.33. The first-order valence-electron chi connectivity index (χ1n) is 7.59. The molecule has 132 valence electrons. The third kappa shape index (κ3) is 4.54. The maximum atomic E-state index is 11.8. The Morgan fingerprint density at radius 3 is 2.79 bits per heavy atom. The molecule has 0 fully saturated rings. The Bertz CT molecular complexity index is 606. The van der Waals surface area contributed by atoms with Crippen molar-refractivity contribution in [2.24, 2.45) is 0 Å². The molecule has 0 saturated heterocycles. The molecule has 1 heterocycles. The molecule has 7 nitrogen and oxygen atoms in total. The lowest BCUT2D eigenvalue weighted by Crippen LogP contribution is -2.35. The Morgan fingerprint density at radius 1 is 1.46 bits per heavy atom. The largest absolute Gasteiger partial charge is 0.495 e. The minimum Gasteiger partial charge on any atom is -0.492 e. The highest BCUT2D eigenvalue weighted by Gasteiger charge is 2.40. The average molecular weight is 358 g/mol. The molecule has 1 aliphatic rings. The van der Waals surface area contributed by atoms with E-state index in [-0.39, 0.29) is 19.8 Å². The van der Waals surface area contributed by atoms with Crippen LogP contribution in [-0.2, 0) is 9.39 Å². The van der Waals surface area contributed by atoms with E-state index in [1.165, 1.54) is 0 Å². The molecule has 1 atom stereocenters. The van der Waals surface area contributed by atoms with Gasteiger partial charge in [0, 0.05) is 22.6 Å². The SMILES string of the molecule is CC(C)(C)OC(=O)NCC1OB(O)c2c(OCCO)ccc(Cl)c21. The highest BCUT2D eigenvalue weighted by molar-refractivity contribution is 6.63. The molecule has 0 saturated carbocycles. The van der Waals surface area contributed by atoms with Crippen LogP contribution >= 0.6 is 11.6 Å². The Morgan fingerprint density at radius 2 is 2.17 bits per heavy atom. The van der Waals surface area contributed by atoms with Gasteiger partial charge in [-0.15, -0.1) is 0 Å². The molecule has 0 spiro atoms. The Labute approximate surface area is 146 Å². The summed E-state index contributed by atoms with van der Waals surface area (Å²) in [6, 6.07) is 3.22. The molecular weight excluding hydrogens is 336 g/mol. The molecule has 0 aliphatic carbocycles. The number of halogens is 1. The van der Waals surface area contributed by atoms with Gasteiger partial charge in [-0.3, -0.25) is 0 Å². The van der Waals surface area contributed by atoms with Gasteiger partial charge in [-0.1, -0.05) is 11.6 Å². The molecule has 0 aromatic heterocycles. The van der Waals surface area contributed by atoms with Crippen LogP contribution in [0, 0.1) is 0 Å². The Balaban J connectivity index is 2.13. The molecule has 3 N–H and O–H groups in total. The lowest BCUT2D eigenvalue weighted by molar-refractivity contribution is 0.0498.